The fourth-order valence-electron chi connectivity index (χ4n) is 3.02. The first-order chi connectivity index (χ1) is 9.56. The van der Waals surface area contributed by atoms with Gasteiger partial charge in [-0.15, -0.1) is 0 Å². The lowest BCUT2D eigenvalue weighted by molar-refractivity contribution is 0.0946. The van der Waals surface area contributed by atoms with Crippen LogP contribution in [0.25, 0.3) is 10.9 Å². The Morgan fingerprint density at radius 3 is 2.70 bits per heavy atom. The fourth-order valence-corrected chi connectivity index (χ4v) is 3.02. The molecule has 1 N–H and O–H groups in total. The van der Waals surface area contributed by atoms with E-state index < -0.39 is 0 Å². The molecule has 0 bridgehead atoms. The number of aromatic nitrogens is 1. The second kappa shape index (κ2) is 4.47. The molecule has 0 saturated heterocycles. The molecule has 0 fully saturated rings. The van der Waals surface area contributed by atoms with Gasteiger partial charge in [-0.3, -0.25) is 9.59 Å². The number of carbonyl (C=O) groups excluding carboxylic acids is 1. The fraction of sp³-hybridized carbons (Fsp3) is 0.375. The lowest BCUT2D eigenvalue weighted by Gasteiger charge is -2.21. The van der Waals surface area contributed by atoms with Crippen molar-refractivity contribution in [1.82, 2.24) is 9.88 Å². The van der Waals surface area contributed by atoms with E-state index in [1.807, 2.05) is 29.8 Å². The maximum absolute atomic E-state index is 12.6. The number of benzene rings is 1. The average molecular weight is 270 g/mol. The van der Waals surface area contributed by atoms with Gasteiger partial charge in [0.2, 0.25) is 5.43 Å². The molecule has 1 aromatic heterocycles. The van der Waals surface area contributed by atoms with Gasteiger partial charge >= 0.3 is 0 Å². The first-order valence-corrected chi connectivity index (χ1v) is 6.98. The number of amides is 1. The van der Waals surface area contributed by atoms with Crippen molar-refractivity contribution in [3.63, 3.8) is 0 Å². The Morgan fingerprint density at radius 1 is 1.30 bits per heavy atom. The van der Waals surface area contributed by atoms with Crippen molar-refractivity contribution in [3.05, 3.63) is 45.7 Å². The summed E-state index contributed by atoms with van der Waals surface area (Å²) in [6.45, 7) is 4.19. The largest absolute Gasteiger partial charge is 0.345 e. The summed E-state index contributed by atoms with van der Waals surface area (Å²) < 4.78 is 1.99. The number of fused-ring (bicyclic) bond motifs is 2. The third-order valence-corrected chi connectivity index (χ3v) is 4.38. The highest BCUT2D eigenvalue weighted by Gasteiger charge is 2.36. The Kier molecular flexibility index (Phi) is 2.89. The van der Waals surface area contributed by atoms with Gasteiger partial charge in [0.1, 0.15) is 5.56 Å². The lowest BCUT2D eigenvalue weighted by atomic mass is 9.95. The zero-order chi connectivity index (χ0) is 14.4. The summed E-state index contributed by atoms with van der Waals surface area (Å²) in [6.07, 6.45) is 0.950. The van der Waals surface area contributed by atoms with Crippen LogP contribution in [0, 0.1) is 5.92 Å². The molecule has 0 unspecified atom stereocenters. The standard InChI is InChI=1S/C16H18N2O2/c1-4-9(2)13-14-12(16(20)17-13)15(19)10-7-5-6-8-11(10)18(14)3/h5-9,13H,4H2,1-3H3,(H,17,20)/t9-,13-/m1/s1. The topological polar surface area (TPSA) is 51.1 Å². The molecule has 0 saturated carbocycles. The predicted octanol–water partition coefficient (Wildman–Crippen LogP) is 2.37. The van der Waals surface area contributed by atoms with Gasteiger partial charge in [-0.25, -0.2) is 0 Å². The molecule has 3 rings (SSSR count). The highest BCUT2D eigenvalue weighted by Crippen LogP contribution is 2.32. The number of hydrogen-bond acceptors (Lipinski definition) is 2. The maximum Gasteiger partial charge on any atom is 0.257 e. The van der Waals surface area contributed by atoms with Crippen molar-refractivity contribution < 1.29 is 4.79 Å². The van der Waals surface area contributed by atoms with Gasteiger partial charge in [0.15, 0.2) is 0 Å². The summed E-state index contributed by atoms with van der Waals surface area (Å²) >= 11 is 0. The SMILES string of the molecule is CC[C@@H](C)[C@H]1NC(=O)c2c1n(C)c1ccccc1c2=O. The Morgan fingerprint density at radius 2 is 2.00 bits per heavy atom. The van der Waals surface area contributed by atoms with Crippen LogP contribution in [-0.2, 0) is 7.05 Å². The number of nitrogens with zero attached hydrogens (tertiary/aromatic N) is 1. The molecule has 2 atom stereocenters. The molecule has 104 valence electrons. The Balaban J connectivity index is 2.40. The van der Waals surface area contributed by atoms with E-state index >= 15 is 0 Å². The third kappa shape index (κ3) is 1.60. The van der Waals surface area contributed by atoms with E-state index in [4.69, 9.17) is 0 Å². The second-order valence-corrected chi connectivity index (χ2v) is 5.50. The van der Waals surface area contributed by atoms with Gasteiger partial charge in [0.25, 0.3) is 5.91 Å². The summed E-state index contributed by atoms with van der Waals surface area (Å²) in [5.74, 6) is 0.0589. The maximum atomic E-state index is 12.6. The van der Waals surface area contributed by atoms with Crippen molar-refractivity contribution in [3.8, 4) is 0 Å². The molecule has 1 aliphatic heterocycles. The minimum absolute atomic E-state index is 0.0789. The lowest BCUT2D eigenvalue weighted by Crippen LogP contribution is -2.25. The number of pyridine rings is 1. The van der Waals surface area contributed by atoms with Crippen LogP contribution >= 0.6 is 0 Å². The monoisotopic (exact) mass is 270 g/mol. The van der Waals surface area contributed by atoms with Crippen molar-refractivity contribution >= 4 is 16.8 Å². The van der Waals surface area contributed by atoms with Crippen LogP contribution in [0.1, 0.15) is 42.4 Å². The van der Waals surface area contributed by atoms with Crippen molar-refractivity contribution in [1.29, 1.82) is 0 Å². The van der Waals surface area contributed by atoms with Gasteiger partial charge in [0, 0.05) is 12.4 Å². The number of para-hydroxylation sites is 1. The molecule has 0 spiro atoms. The average Bonchev–Trinajstić information content (AvgIpc) is 2.82. The minimum Gasteiger partial charge on any atom is -0.345 e. The molecule has 0 aliphatic carbocycles. The summed E-state index contributed by atoms with van der Waals surface area (Å²) in [7, 11) is 1.93. The number of nitrogens with one attached hydrogen (secondary N) is 1. The number of rotatable bonds is 2. The van der Waals surface area contributed by atoms with Crippen LogP contribution in [0.15, 0.2) is 29.1 Å². The van der Waals surface area contributed by atoms with Gasteiger partial charge < -0.3 is 9.88 Å². The molecule has 2 aromatic rings. The Labute approximate surface area is 117 Å². The van der Waals surface area contributed by atoms with Crippen molar-refractivity contribution in [2.24, 2.45) is 13.0 Å². The highest BCUT2D eigenvalue weighted by atomic mass is 16.2. The van der Waals surface area contributed by atoms with Crippen LogP contribution in [0.3, 0.4) is 0 Å². The molecule has 20 heavy (non-hydrogen) atoms. The third-order valence-electron chi connectivity index (χ3n) is 4.38. The quantitative estimate of drug-likeness (QED) is 0.910. The van der Waals surface area contributed by atoms with Gasteiger partial charge in [-0.05, 0) is 18.1 Å². The normalized spacial score (nSPS) is 18.9. The first kappa shape index (κ1) is 12.9. The van der Waals surface area contributed by atoms with Gasteiger partial charge in [0.05, 0.1) is 17.3 Å². The molecular weight excluding hydrogens is 252 g/mol. The van der Waals surface area contributed by atoms with Crippen LogP contribution < -0.4 is 10.7 Å². The molecular formula is C16H18N2O2. The summed E-state index contributed by atoms with van der Waals surface area (Å²) in [4.78, 5) is 24.8. The van der Waals surface area contributed by atoms with Crippen LogP contribution in [0.2, 0.25) is 0 Å². The molecule has 0 radical (unpaired) electrons. The second-order valence-electron chi connectivity index (χ2n) is 5.50. The summed E-state index contributed by atoms with van der Waals surface area (Å²) in [6, 6.07) is 7.37. The molecule has 4 nitrogen and oxygen atoms in total. The minimum atomic E-state index is -0.239. The molecule has 4 heteroatoms. The van der Waals surface area contributed by atoms with E-state index in [1.54, 1.807) is 6.07 Å². The van der Waals surface area contributed by atoms with Gasteiger partial charge in [-0.2, -0.15) is 0 Å². The van der Waals surface area contributed by atoms with E-state index in [0.717, 1.165) is 17.6 Å². The van der Waals surface area contributed by atoms with E-state index in [1.165, 1.54) is 0 Å². The van der Waals surface area contributed by atoms with E-state index in [0.29, 0.717) is 16.9 Å². The zero-order valence-corrected chi connectivity index (χ0v) is 11.9. The van der Waals surface area contributed by atoms with Crippen LogP contribution in [0.4, 0.5) is 0 Å². The summed E-state index contributed by atoms with van der Waals surface area (Å²) in [5, 5.41) is 3.57. The Bertz CT molecular complexity index is 761. The summed E-state index contributed by atoms with van der Waals surface area (Å²) in [5.41, 5.74) is 1.86. The predicted molar refractivity (Wildman–Crippen MR) is 78.9 cm³/mol. The van der Waals surface area contributed by atoms with E-state index in [-0.39, 0.29) is 17.4 Å². The Hall–Kier alpha value is -2.10. The van der Waals surface area contributed by atoms with Crippen molar-refractivity contribution in [2.75, 3.05) is 0 Å². The zero-order valence-electron chi connectivity index (χ0n) is 11.9. The van der Waals surface area contributed by atoms with Crippen molar-refractivity contribution in [2.45, 2.75) is 26.3 Å². The number of hydrogen-bond donors (Lipinski definition) is 1. The molecule has 1 aliphatic rings. The molecule has 2 heterocycles. The van der Waals surface area contributed by atoms with E-state index in [9.17, 15) is 9.59 Å². The van der Waals surface area contributed by atoms with Gasteiger partial charge in [-0.1, -0.05) is 32.4 Å². The van der Waals surface area contributed by atoms with E-state index in [2.05, 4.69) is 19.2 Å². The van der Waals surface area contributed by atoms with Crippen LogP contribution in [0.5, 0.6) is 0 Å². The van der Waals surface area contributed by atoms with Crippen LogP contribution in [-0.4, -0.2) is 10.5 Å². The number of carbonyl (C=O) groups is 1. The molecule has 1 aromatic carbocycles. The smallest absolute Gasteiger partial charge is 0.257 e. The highest BCUT2D eigenvalue weighted by molar-refractivity contribution is 6.01. The number of aryl methyl sites for hydroxylation is 1. The molecule has 1 amide bonds. The first-order valence-electron chi connectivity index (χ1n) is 6.98.